The highest BCUT2D eigenvalue weighted by Gasteiger charge is 2.55. The summed E-state index contributed by atoms with van der Waals surface area (Å²) < 4.78 is 29.8. The molecule has 2 aromatic rings. The Kier molecular flexibility index (Phi) is 5.71. The smallest absolute Gasteiger partial charge is 0.250 e. The highest BCUT2D eigenvalue weighted by atomic mass is 19.1. The number of amides is 1. The van der Waals surface area contributed by atoms with Gasteiger partial charge in [-0.15, -0.1) is 0 Å². The molecule has 30 heavy (non-hydrogen) atoms. The molecule has 2 aliphatic heterocycles. The summed E-state index contributed by atoms with van der Waals surface area (Å²) in [5.41, 5.74) is 0.664. The number of benzene rings is 1. The third kappa shape index (κ3) is 3.44. The van der Waals surface area contributed by atoms with Gasteiger partial charge in [0.15, 0.2) is 0 Å². The summed E-state index contributed by atoms with van der Waals surface area (Å²) in [6.45, 7) is 2.58. The maximum atomic E-state index is 14.4. The molecule has 4 rings (SSSR count). The number of carbonyl (C=O) groups excluding carboxylic acids is 1. The molecule has 2 aliphatic rings. The maximum absolute atomic E-state index is 14.4. The second-order valence-corrected chi connectivity index (χ2v) is 7.98. The van der Waals surface area contributed by atoms with E-state index in [1.807, 2.05) is 11.8 Å². The standard InChI is InChI=1S/C22H25F2N3O3/c1-2-8-25-22(30)20-15(12-28)18-11-26-17(4-3-5-19(26)29)21(20)27(18)10-13-9-14(23)6-7-16(13)24/h3-7,9,15,18,20-21,28H,2,8,10-12H2,1H3,(H,25,30)/t15-,18-,20+,21+/m1/s1. The summed E-state index contributed by atoms with van der Waals surface area (Å²) in [6.07, 6.45) is 0.768. The van der Waals surface area contributed by atoms with Crippen molar-refractivity contribution in [3.05, 3.63) is 69.6 Å². The van der Waals surface area contributed by atoms with Gasteiger partial charge in [0.05, 0.1) is 12.0 Å². The van der Waals surface area contributed by atoms with Crippen molar-refractivity contribution in [2.24, 2.45) is 11.8 Å². The van der Waals surface area contributed by atoms with Crippen LogP contribution in [0.1, 0.15) is 30.6 Å². The van der Waals surface area contributed by atoms with Gasteiger partial charge >= 0.3 is 0 Å². The average molecular weight is 417 g/mol. The van der Waals surface area contributed by atoms with E-state index in [0.717, 1.165) is 24.6 Å². The number of fused-ring (bicyclic) bond motifs is 4. The Bertz CT molecular complexity index is 1010. The molecule has 1 aromatic carbocycles. The summed E-state index contributed by atoms with van der Waals surface area (Å²) in [5.74, 6) is -2.29. The van der Waals surface area contributed by atoms with Crippen LogP contribution in [-0.4, -0.2) is 39.7 Å². The third-order valence-electron chi connectivity index (χ3n) is 6.26. The lowest BCUT2D eigenvalue weighted by Gasteiger charge is -2.38. The van der Waals surface area contributed by atoms with Crippen molar-refractivity contribution in [1.82, 2.24) is 14.8 Å². The van der Waals surface area contributed by atoms with Crippen molar-refractivity contribution in [2.45, 2.75) is 38.5 Å². The SMILES string of the molecule is CCCNC(=O)[C@H]1[C@H](CO)[C@H]2Cn3c(cccc3=O)[C@@H]1N2Cc1cc(F)ccc1F. The van der Waals surface area contributed by atoms with Gasteiger partial charge in [0.1, 0.15) is 11.6 Å². The van der Waals surface area contributed by atoms with Gasteiger partial charge in [-0.1, -0.05) is 13.0 Å². The molecule has 160 valence electrons. The van der Waals surface area contributed by atoms with E-state index in [2.05, 4.69) is 5.32 Å². The van der Waals surface area contributed by atoms with Crippen LogP contribution in [0.25, 0.3) is 0 Å². The lowest BCUT2D eigenvalue weighted by Crippen LogP contribution is -2.46. The molecule has 6 nitrogen and oxygen atoms in total. The van der Waals surface area contributed by atoms with Gasteiger partial charge in [-0.05, 0) is 30.7 Å². The highest BCUT2D eigenvalue weighted by Crippen LogP contribution is 2.48. The molecule has 2 N–H and O–H groups in total. The van der Waals surface area contributed by atoms with E-state index in [4.69, 9.17) is 0 Å². The van der Waals surface area contributed by atoms with E-state index < -0.39 is 29.5 Å². The monoisotopic (exact) mass is 417 g/mol. The van der Waals surface area contributed by atoms with Crippen LogP contribution >= 0.6 is 0 Å². The Labute approximate surface area is 173 Å². The fraction of sp³-hybridized carbons (Fsp3) is 0.455. The normalized spacial score (nSPS) is 25.2. The Balaban J connectivity index is 1.79. The van der Waals surface area contributed by atoms with Crippen LogP contribution in [-0.2, 0) is 17.9 Å². The summed E-state index contributed by atoms with van der Waals surface area (Å²) in [5, 5.41) is 13.1. The first-order valence-electron chi connectivity index (χ1n) is 10.2. The van der Waals surface area contributed by atoms with Crippen LogP contribution in [0.5, 0.6) is 0 Å². The second kappa shape index (κ2) is 8.28. The van der Waals surface area contributed by atoms with E-state index in [1.165, 1.54) is 6.07 Å². The van der Waals surface area contributed by atoms with Crippen molar-refractivity contribution in [2.75, 3.05) is 13.2 Å². The van der Waals surface area contributed by atoms with Crippen LogP contribution in [0.3, 0.4) is 0 Å². The number of hydrogen-bond donors (Lipinski definition) is 2. The van der Waals surface area contributed by atoms with E-state index in [9.17, 15) is 23.5 Å². The van der Waals surface area contributed by atoms with Crippen LogP contribution in [0.4, 0.5) is 8.78 Å². The molecule has 1 aromatic heterocycles. The van der Waals surface area contributed by atoms with Gasteiger partial charge in [-0.3, -0.25) is 14.5 Å². The number of aliphatic hydroxyl groups is 1. The minimum atomic E-state index is -0.598. The topological polar surface area (TPSA) is 74.6 Å². The first-order chi connectivity index (χ1) is 14.5. The largest absolute Gasteiger partial charge is 0.396 e. The second-order valence-electron chi connectivity index (χ2n) is 7.98. The van der Waals surface area contributed by atoms with Crippen LogP contribution in [0.15, 0.2) is 41.2 Å². The number of hydrogen-bond acceptors (Lipinski definition) is 4. The molecule has 1 amide bonds. The van der Waals surface area contributed by atoms with Gasteiger partial charge in [0, 0.05) is 55.5 Å². The molecule has 0 unspecified atom stereocenters. The maximum Gasteiger partial charge on any atom is 0.250 e. The number of halogens is 2. The van der Waals surface area contributed by atoms with Crippen LogP contribution < -0.4 is 10.9 Å². The number of pyridine rings is 1. The lowest BCUT2D eigenvalue weighted by molar-refractivity contribution is -0.127. The van der Waals surface area contributed by atoms with Gasteiger partial charge in [0.2, 0.25) is 5.91 Å². The zero-order valence-electron chi connectivity index (χ0n) is 16.7. The van der Waals surface area contributed by atoms with Gasteiger partial charge in [0.25, 0.3) is 5.56 Å². The molecule has 2 bridgehead atoms. The minimum absolute atomic E-state index is 0.0794. The molecule has 1 saturated heterocycles. The zero-order valence-corrected chi connectivity index (χ0v) is 16.7. The Hall–Kier alpha value is -2.58. The Morgan fingerprint density at radius 3 is 2.80 bits per heavy atom. The number of nitrogens with zero attached hydrogens (tertiary/aromatic N) is 2. The fourth-order valence-electron chi connectivity index (χ4n) is 4.92. The van der Waals surface area contributed by atoms with Crippen molar-refractivity contribution in [3.8, 4) is 0 Å². The predicted molar refractivity (Wildman–Crippen MR) is 106 cm³/mol. The molecule has 4 atom stereocenters. The lowest BCUT2D eigenvalue weighted by atomic mass is 9.86. The average Bonchev–Trinajstić information content (AvgIpc) is 2.93. The van der Waals surface area contributed by atoms with Crippen molar-refractivity contribution in [1.29, 1.82) is 0 Å². The van der Waals surface area contributed by atoms with E-state index in [1.54, 1.807) is 16.7 Å². The Morgan fingerprint density at radius 2 is 2.07 bits per heavy atom. The van der Waals surface area contributed by atoms with Crippen LogP contribution in [0, 0.1) is 23.5 Å². The van der Waals surface area contributed by atoms with Gasteiger partial charge in [-0.25, -0.2) is 8.78 Å². The number of aromatic nitrogens is 1. The van der Waals surface area contributed by atoms with E-state index >= 15 is 0 Å². The minimum Gasteiger partial charge on any atom is -0.396 e. The third-order valence-corrected chi connectivity index (χ3v) is 6.26. The summed E-state index contributed by atoms with van der Waals surface area (Å²) >= 11 is 0. The molecule has 3 heterocycles. The number of nitrogens with one attached hydrogen (secondary N) is 1. The highest BCUT2D eigenvalue weighted by molar-refractivity contribution is 5.80. The summed E-state index contributed by atoms with van der Waals surface area (Å²) in [7, 11) is 0. The first-order valence-corrected chi connectivity index (χ1v) is 10.2. The molecular formula is C22H25F2N3O3. The van der Waals surface area contributed by atoms with Crippen LogP contribution in [0.2, 0.25) is 0 Å². The Morgan fingerprint density at radius 1 is 1.27 bits per heavy atom. The number of aliphatic hydroxyl groups excluding tert-OH is 1. The predicted octanol–water partition coefficient (Wildman–Crippen LogP) is 1.82. The van der Waals surface area contributed by atoms with E-state index in [0.29, 0.717) is 12.2 Å². The molecule has 0 saturated carbocycles. The van der Waals surface area contributed by atoms with E-state index in [-0.39, 0.29) is 42.8 Å². The zero-order chi connectivity index (χ0) is 21.4. The van der Waals surface area contributed by atoms with Crippen molar-refractivity contribution in [3.63, 3.8) is 0 Å². The van der Waals surface area contributed by atoms with Gasteiger partial charge < -0.3 is 15.0 Å². The quantitative estimate of drug-likeness (QED) is 0.752. The summed E-state index contributed by atoms with van der Waals surface area (Å²) in [6, 6.07) is 7.33. The molecule has 0 aliphatic carbocycles. The molecule has 0 spiro atoms. The summed E-state index contributed by atoms with van der Waals surface area (Å²) in [4.78, 5) is 27.5. The molecule has 8 heteroatoms. The van der Waals surface area contributed by atoms with Gasteiger partial charge in [-0.2, -0.15) is 0 Å². The fourth-order valence-corrected chi connectivity index (χ4v) is 4.92. The number of carbonyl (C=O) groups is 1. The number of rotatable bonds is 6. The molecule has 0 radical (unpaired) electrons. The van der Waals surface area contributed by atoms with Crippen molar-refractivity contribution < 1.29 is 18.7 Å². The van der Waals surface area contributed by atoms with Crippen molar-refractivity contribution >= 4 is 5.91 Å². The molecular weight excluding hydrogens is 392 g/mol. The first kappa shape index (κ1) is 20.7. The molecule has 1 fully saturated rings.